The minimum absolute atomic E-state index is 0.185. The van der Waals surface area contributed by atoms with Crippen LogP contribution in [0.25, 0.3) is 11.1 Å². The lowest BCUT2D eigenvalue weighted by atomic mass is 10.0. The summed E-state index contributed by atoms with van der Waals surface area (Å²) in [6, 6.07) is 13.3. The van der Waals surface area contributed by atoms with Gasteiger partial charge in [0.25, 0.3) is 5.91 Å². The van der Waals surface area contributed by atoms with E-state index in [4.69, 9.17) is 4.74 Å². The van der Waals surface area contributed by atoms with Crippen LogP contribution in [0, 0.1) is 18.6 Å². The fourth-order valence-corrected chi connectivity index (χ4v) is 3.11. The van der Waals surface area contributed by atoms with Gasteiger partial charge in [-0.15, -0.1) is 0 Å². The first kappa shape index (κ1) is 21.0. The molecule has 0 saturated carbocycles. The van der Waals surface area contributed by atoms with Crippen molar-refractivity contribution >= 4 is 17.6 Å². The van der Waals surface area contributed by atoms with Gasteiger partial charge in [-0.25, -0.2) is 13.6 Å². The van der Waals surface area contributed by atoms with Crippen molar-refractivity contribution in [1.29, 1.82) is 0 Å². The predicted molar refractivity (Wildman–Crippen MR) is 109 cm³/mol. The van der Waals surface area contributed by atoms with E-state index < -0.39 is 29.2 Å². The van der Waals surface area contributed by atoms with E-state index in [1.54, 1.807) is 24.3 Å². The number of carboxylic acids is 1. The third-order valence-electron chi connectivity index (χ3n) is 4.49. The lowest BCUT2D eigenvalue weighted by Gasteiger charge is -2.13. The highest BCUT2D eigenvalue weighted by Crippen LogP contribution is 2.30. The standard InChI is InChI=1S/C23H19F2NO4/c1-3-30-16-8-5-7-14(10-16)15-11-18(24)21(19(25)12-15)26-22(27)17-9-4-6-13(2)20(17)23(28)29/h4-12H,3H2,1-2H3,(H,26,27)(H,28,29). The fourth-order valence-electron chi connectivity index (χ4n) is 3.11. The van der Waals surface area contributed by atoms with E-state index in [2.05, 4.69) is 5.32 Å². The zero-order chi connectivity index (χ0) is 21.8. The minimum atomic E-state index is -1.30. The highest BCUT2D eigenvalue weighted by Gasteiger charge is 2.21. The van der Waals surface area contributed by atoms with Crippen LogP contribution in [-0.2, 0) is 0 Å². The van der Waals surface area contributed by atoms with E-state index in [1.165, 1.54) is 25.1 Å². The highest BCUT2D eigenvalue weighted by atomic mass is 19.1. The minimum Gasteiger partial charge on any atom is -0.494 e. The Morgan fingerprint density at radius 1 is 1.00 bits per heavy atom. The molecular formula is C23H19F2NO4. The molecule has 3 rings (SSSR count). The number of hydrogen-bond acceptors (Lipinski definition) is 3. The summed E-state index contributed by atoms with van der Waals surface area (Å²) in [5.41, 5.74) is 0.118. The second-order valence-electron chi connectivity index (χ2n) is 6.53. The zero-order valence-corrected chi connectivity index (χ0v) is 16.3. The number of carbonyl (C=O) groups is 2. The maximum absolute atomic E-state index is 14.7. The van der Waals surface area contributed by atoms with Gasteiger partial charge in [-0.2, -0.15) is 0 Å². The summed E-state index contributed by atoms with van der Waals surface area (Å²) in [7, 11) is 0. The van der Waals surface area contributed by atoms with Crippen LogP contribution in [0.2, 0.25) is 0 Å². The van der Waals surface area contributed by atoms with Gasteiger partial charge in [0.1, 0.15) is 23.1 Å². The van der Waals surface area contributed by atoms with Gasteiger partial charge in [0.2, 0.25) is 0 Å². The van der Waals surface area contributed by atoms with E-state index in [1.807, 2.05) is 6.92 Å². The van der Waals surface area contributed by atoms with E-state index >= 15 is 0 Å². The molecule has 30 heavy (non-hydrogen) atoms. The van der Waals surface area contributed by atoms with Gasteiger partial charge >= 0.3 is 5.97 Å². The largest absolute Gasteiger partial charge is 0.494 e. The van der Waals surface area contributed by atoms with Crippen LogP contribution in [0.4, 0.5) is 14.5 Å². The van der Waals surface area contributed by atoms with Crippen molar-refractivity contribution in [3.05, 3.63) is 82.9 Å². The van der Waals surface area contributed by atoms with Gasteiger partial charge in [-0.3, -0.25) is 4.79 Å². The van der Waals surface area contributed by atoms with Crippen LogP contribution < -0.4 is 10.1 Å². The lowest BCUT2D eigenvalue weighted by Crippen LogP contribution is -2.19. The molecule has 1 amide bonds. The predicted octanol–water partition coefficient (Wildman–Crippen LogP) is 5.29. The number of halogens is 2. The molecular weight excluding hydrogens is 392 g/mol. The average molecular weight is 411 g/mol. The molecule has 0 spiro atoms. The van der Waals surface area contributed by atoms with Crippen LogP contribution in [0.15, 0.2) is 54.6 Å². The fraction of sp³-hybridized carbons (Fsp3) is 0.130. The first-order valence-electron chi connectivity index (χ1n) is 9.18. The second-order valence-corrected chi connectivity index (χ2v) is 6.53. The van der Waals surface area contributed by atoms with Crippen LogP contribution >= 0.6 is 0 Å². The molecule has 2 N–H and O–H groups in total. The number of hydrogen-bond donors (Lipinski definition) is 2. The molecule has 0 radical (unpaired) electrons. The molecule has 0 unspecified atom stereocenters. The number of benzene rings is 3. The van der Waals surface area contributed by atoms with E-state index in [0.29, 0.717) is 23.5 Å². The number of carbonyl (C=O) groups excluding carboxylic acids is 1. The molecule has 3 aromatic rings. The molecule has 0 saturated heterocycles. The zero-order valence-electron chi connectivity index (χ0n) is 16.3. The Kier molecular flexibility index (Phi) is 6.11. The van der Waals surface area contributed by atoms with Gasteiger partial charge in [-0.05, 0) is 60.9 Å². The van der Waals surface area contributed by atoms with Gasteiger partial charge in [0.15, 0.2) is 0 Å². The molecule has 0 aromatic heterocycles. The van der Waals surface area contributed by atoms with Crippen LogP contribution in [0.5, 0.6) is 5.75 Å². The number of amides is 1. The normalized spacial score (nSPS) is 10.5. The maximum atomic E-state index is 14.7. The smallest absolute Gasteiger partial charge is 0.336 e. The molecule has 0 heterocycles. The van der Waals surface area contributed by atoms with Crippen LogP contribution in [0.1, 0.15) is 33.2 Å². The summed E-state index contributed by atoms with van der Waals surface area (Å²) in [6.07, 6.45) is 0. The Morgan fingerprint density at radius 3 is 2.30 bits per heavy atom. The van der Waals surface area contributed by atoms with E-state index in [0.717, 1.165) is 12.1 Å². The monoisotopic (exact) mass is 411 g/mol. The Balaban J connectivity index is 1.94. The number of nitrogens with one attached hydrogen (secondary N) is 1. The van der Waals surface area contributed by atoms with Crippen molar-refractivity contribution in [1.82, 2.24) is 0 Å². The number of anilines is 1. The molecule has 5 nitrogen and oxygen atoms in total. The van der Waals surface area contributed by atoms with Crippen molar-refractivity contribution in [3.63, 3.8) is 0 Å². The third-order valence-corrected chi connectivity index (χ3v) is 4.49. The van der Waals surface area contributed by atoms with Crippen LogP contribution in [-0.4, -0.2) is 23.6 Å². The molecule has 0 aliphatic heterocycles. The SMILES string of the molecule is CCOc1cccc(-c2cc(F)c(NC(=O)c3cccc(C)c3C(=O)O)c(F)c2)c1. The summed E-state index contributed by atoms with van der Waals surface area (Å²) in [6.45, 7) is 3.81. The molecule has 7 heteroatoms. The van der Waals surface area contributed by atoms with E-state index in [9.17, 15) is 23.5 Å². The Labute approximate surface area is 171 Å². The molecule has 0 atom stereocenters. The number of aromatic carboxylic acids is 1. The average Bonchev–Trinajstić information content (AvgIpc) is 2.70. The molecule has 0 aliphatic rings. The molecule has 0 aliphatic carbocycles. The van der Waals surface area contributed by atoms with Gasteiger partial charge in [0, 0.05) is 0 Å². The van der Waals surface area contributed by atoms with Crippen molar-refractivity contribution in [2.75, 3.05) is 11.9 Å². The van der Waals surface area contributed by atoms with Crippen molar-refractivity contribution in [2.24, 2.45) is 0 Å². The third kappa shape index (κ3) is 4.30. The summed E-state index contributed by atoms with van der Waals surface area (Å²) in [5, 5.41) is 11.5. The number of ether oxygens (including phenoxy) is 1. The lowest BCUT2D eigenvalue weighted by molar-refractivity contribution is 0.0691. The quantitative estimate of drug-likeness (QED) is 0.578. The van der Waals surface area contributed by atoms with Gasteiger partial charge in [0.05, 0.1) is 17.7 Å². The van der Waals surface area contributed by atoms with Crippen molar-refractivity contribution in [2.45, 2.75) is 13.8 Å². The summed E-state index contributed by atoms with van der Waals surface area (Å²) >= 11 is 0. The Bertz CT molecular complexity index is 1100. The Morgan fingerprint density at radius 2 is 1.67 bits per heavy atom. The first-order chi connectivity index (χ1) is 14.3. The maximum Gasteiger partial charge on any atom is 0.336 e. The van der Waals surface area contributed by atoms with Crippen LogP contribution in [0.3, 0.4) is 0 Å². The second kappa shape index (κ2) is 8.73. The van der Waals surface area contributed by atoms with Gasteiger partial charge < -0.3 is 15.2 Å². The summed E-state index contributed by atoms with van der Waals surface area (Å²) in [5.74, 6) is -3.62. The number of aryl methyl sites for hydroxylation is 1. The highest BCUT2D eigenvalue weighted by molar-refractivity contribution is 6.11. The summed E-state index contributed by atoms with van der Waals surface area (Å²) < 4.78 is 34.7. The van der Waals surface area contributed by atoms with Crippen molar-refractivity contribution < 1.29 is 28.2 Å². The molecule has 3 aromatic carbocycles. The molecule has 0 bridgehead atoms. The van der Waals surface area contributed by atoms with E-state index in [-0.39, 0.29) is 16.7 Å². The number of rotatable bonds is 6. The molecule has 154 valence electrons. The number of carboxylic acid groups (broad SMARTS) is 1. The van der Waals surface area contributed by atoms with Crippen molar-refractivity contribution in [3.8, 4) is 16.9 Å². The molecule has 0 fully saturated rings. The summed E-state index contributed by atoms with van der Waals surface area (Å²) in [4.78, 5) is 24.0. The van der Waals surface area contributed by atoms with Gasteiger partial charge in [-0.1, -0.05) is 24.3 Å². The first-order valence-corrected chi connectivity index (χ1v) is 9.18. The Hall–Kier alpha value is -3.74. The topological polar surface area (TPSA) is 75.6 Å².